The van der Waals surface area contributed by atoms with E-state index in [2.05, 4.69) is 17.0 Å². The average molecular weight is 243 g/mol. The molecule has 0 bridgehead atoms. The van der Waals surface area contributed by atoms with Crippen molar-refractivity contribution < 1.29 is 10.3 Å². The van der Waals surface area contributed by atoms with Gasteiger partial charge in [-0.25, -0.2) is 0 Å². The average Bonchev–Trinajstić information content (AvgIpc) is 2.37. The highest BCUT2D eigenvalue weighted by molar-refractivity contribution is 5.80. The summed E-state index contributed by atoms with van der Waals surface area (Å²) in [7, 11) is 0. The molecule has 17 heavy (non-hydrogen) atoms. The number of likely N-dealkylation sites (tertiary alicyclic amines) is 1. The van der Waals surface area contributed by atoms with Gasteiger partial charge in [0.05, 0.1) is 0 Å². The lowest BCUT2D eigenvalue weighted by Crippen LogP contribution is -2.47. The summed E-state index contributed by atoms with van der Waals surface area (Å²) in [5, 5.41) is 20.8. The lowest BCUT2D eigenvalue weighted by Gasteiger charge is -2.41. The van der Waals surface area contributed by atoms with E-state index < -0.39 is 0 Å². The summed E-state index contributed by atoms with van der Waals surface area (Å²) in [6, 6.07) is 0.771. The van der Waals surface area contributed by atoms with Gasteiger partial charge in [0.1, 0.15) is 5.84 Å². The summed E-state index contributed by atoms with van der Waals surface area (Å²) in [5.74, 6) is 0.296. The predicted molar refractivity (Wildman–Crippen MR) is 68.2 cm³/mol. The molecule has 0 aromatic heterocycles. The van der Waals surface area contributed by atoms with Crippen molar-refractivity contribution in [1.29, 1.82) is 0 Å². The first-order valence-electron chi connectivity index (χ1n) is 6.55. The summed E-state index contributed by atoms with van der Waals surface area (Å²) < 4.78 is 0. The number of nitrogens with zero attached hydrogens (tertiary/aromatic N) is 2. The van der Waals surface area contributed by atoms with Gasteiger partial charge in [0.15, 0.2) is 0 Å². The van der Waals surface area contributed by atoms with Crippen molar-refractivity contribution in [2.75, 3.05) is 13.2 Å². The smallest absolute Gasteiger partial charge is 0.140 e. The molecule has 100 valence electrons. The summed E-state index contributed by atoms with van der Waals surface area (Å²) >= 11 is 0. The SMILES string of the molecule is CCC(C/C(N)=N/O)N1CCCCC1CCO. The number of amidine groups is 1. The molecule has 1 fully saturated rings. The van der Waals surface area contributed by atoms with E-state index in [-0.39, 0.29) is 6.61 Å². The van der Waals surface area contributed by atoms with Crippen molar-refractivity contribution in [3.05, 3.63) is 0 Å². The van der Waals surface area contributed by atoms with E-state index >= 15 is 0 Å². The van der Waals surface area contributed by atoms with Crippen LogP contribution >= 0.6 is 0 Å². The molecule has 0 amide bonds. The van der Waals surface area contributed by atoms with Crippen LogP contribution < -0.4 is 5.73 Å². The number of rotatable bonds is 6. The molecule has 1 aliphatic heterocycles. The van der Waals surface area contributed by atoms with Crippen LogP contribution in [0.3, 0.4) is 0 Å². The lowest BCUT2D eigenvalue weighted by atomic mass is 9.95. The Morgan fingerprint density at radius 2 is 2.29 bits per heavy atom. The fourth-order valence-corrected chi connectivity index (χ4v) is 2.74. The minimum atomic E-state index is 0.237. The highest BCUT2D eigenvalue weighted by Crippen LogP contribution is 2.24. The van der Waals surface area contributed by atoms with E-state index in [1.54, 1.807) is 0 Å². The third-order valence-electron chi connectivity index (χ3n) is 3.65. The highest BCUT2D eigenvalue weighted by Gasteiger charge is 2.27. The number of oxime groups is 1. The van der Waals surface area contributed by atoms with Crippen molar-refractivity contribution in [2.45, 2.75) is 57.5 Å². The third-order valence-corrected chi connectivity index (χ3v) is 3.65. The summed E-state index contributed by atoms with van der Waals surface area (Å²) in [5.41, 5.74) is 5.60. The molecular weight excluding hydrogens is 218 g/mol. The lowest BCUT2D eigenvalue weighted by molar-refractivity contribution is 0.0757. The number of hydrogen-bond donors (Lipinski definition) is 3. The first kappa shape index (κ1) is 14.3. The maximum atomic E-state index is 9.10. The van der Waals surface area contributed by atoms with Gasteiger partial charge in [-0.1, -0.05) is 18.5 Å². The second kappa shape index (κ2) is 7.50. The fourth-order valence-electron chi connectivity index (χ4n) is 2.74. The van der Waals surface area contributed by atoms with Crippen LogP contribution in [0.4, 0.5) is 0 Å². The van der Waals surface area contributed by atoms with Crippen LogP contribution in [0.5, 0.6) is 0 Å². The molecule has 1 heterocycles. The van der Waals surface area contributed by atoms with E-state index in [0.29, 0.717) is 24.3 Å². The first-order chi connectivity index (χ1) is 8.22. The van der Waals surface area contributed by atoms with Crippen LogP contribution in [-0.2, 0) is 0 Å². The van der Waals surface area contributed by atoms with Gasteiger partial charge in [0, 0.05) is 25.1 Å². The summed E-state index contributed by atoms with van der Waals surface area (Å²) in [6.07, 6.45) is 6.00. The Morgan fingerprint density at radius 3 is 2.88 bits per heavy atom. The van der Waals surface area contributed by atoms with E-state index in [9.17, 15) is 0 Å². The van der Waals surface area contributed by atoms with Crippen LogP contribution in [0, 0.1) is 0 Å². The van der Waals surface area contributed by atoms with Gasteiger partial charge in [0.2, 0.25) is 0 Å². The Hall–Kier alpha value is -0.810. The molecule has 1 saturated heterocycles. The summed E-state index contributed by atoms with van der Waals surface area (Å²) in [4.78, 5) is 2.43. The quantitative estimate of drug-likeness (QED) is 0.283. The standard InChI is InChI=1S/C12H25N3O2/c1-2-10(9-12(13)14-17)15-7-4-3-5-11(15)6-8-16/h10-11,16-17H,2-9H2,1H3,(H2,13,14). The molecule has 5 heteroatoms. The molecule has 1 aliphatic rings. The Morgan fingerprint density at radius 1 is 1.53 bits per heavy atom. The van der Waals surface area contributed by atoms with E-state index in [0.717, 1.165) is 25.8 Å². The third kappa shape index (κ3) is 4.16. The number of aliphatic hydroxyl groups is 1. The maximum Gasteiger partial charge on any atom is 0.140 e. The minimum absolute atomic E-state index is 0.237. The van der Waals surface area contributed by atoms with Crippen molar-refractivity contribution in [1.82, 2.24) is 4.90 Å². The van der Waals surface area contributed by atoms with Crippen molar-refractivity contribution in [2.24, 2.45) is 10.9 Å². The molecule has 0 aromatic carbocycles. The Bertz CT molecular complexity index is 244. The van der Waals surface area contributed by atoms with Crippen LogP contribution in [0.2, 0.25) is 0 Å². The Kier molecular flexibility index (Phi) is 6.29. The second-order valence-electron chi connectivity index (χ2n) is 4.76. The second-order valence-corrected chi connectivity index (χ2v) is 4.76. The molecular formula is C12H25N3O2. The molecule has 5 nitrogen and oxygen atoms in total. The van der Waals surface area contributed by atoms with E-state index in [1.807, 2.05) is 0 Å². The van der Waals surface area contributed by atoms with E-state index in [1.165, 1.54) is 12.8 Å². The van der Waals surface area contributed by atoms with Gasteiger partial charge < -0.3 is 16.0 Å². The first-order valence-corrected chi connectivity index (χ1v) is 6.55. The Labute approximate surface area is 103 Å². The number of aliphatic hydroxyl groups excluding tert-OH is 1. The molecule has 2 unspecified atom stereocenters. The predicted octanol–water partition coefficient (Wildman–Crippen LogP) is 1.14. The highest BCUT2D eigenvalue weighted by atomic mass is 16.4. The number of piperidine rings is 1. The van der Waals surface area contributed by atoms with Gasteiger partial charge in [-0.2, -0.15) is 0 Å². The molecule has 1 rings (SSSR count). The van der Waals surface area contributed by atoms with Gasteiger partial charge >= 0.3 is 0 Å². The van der Waals surface area contributed by atoms with Crippen molar-refractivity contribution >= 4 is 5.84 Å². The molecule has 4 N–H and O–H groups in total. The number of hydrogen-bond acceptors (Lipinski definition) is 4. The normalized spacial score (nSPS) is 24.8. The van der Waals surface area contributed by atoms with Gasteiger partial charge in [-0.3, -0.25) is 4.90 Å². The van der Waals surface area contributed by atoms with E-state index in [4.69, 9.17) is 16.0 Å². The zero-order chi connectivity index (χ0) is 12.7. The van der Waals surface area contributed by atoms with Crippen LogP contribution in [-0.4, -0.2) is 46.3 Å². The largest absolute Gasteiger partial charge is 0.409 e. The van der Waals surface area contributed by atoms with Crippen molar-refractivity contribution in [3.63, 3.8) is 0 Å². The van der Waals surface area contributed by atoms with Gasteiger partial charge in [0.25, 0.3) is 0 Å². The molecule has 0 spiro atoms. The molecule has 0 aromatic rings. The molecule has 0 saturated carbocycles. The van der Waals surface area contributed by atoms with Crippen LogP contribution in [0.25, 0.3) is 0 Å². The van der Waals surface area contributed by atoms with Crippen LogP contribution in [0.1, 0.15) is 45.4 Å². The molecule has 0 radical (unpaired) electrons. The molecule has 2 atom stereocenters. The minimum Gasteiger partial charge on any atom is -0.409 e. The Balaban J connectivity index is 2.63. The van der Waals surface area contributed by atoms with Gasteiger partial charge in [-0.05, 0) is 32.2 Å². The number of nitrogens with two attached hydrogens (primary N) is 1. The topological polar surface area (TPSA) is 82.1 Å². The van der Waals surface area contributed by atoms with Crippen molar-refractivity contribution in [3.8, 4) is 0 Å². The maximum absolute atomic E-state index is 9.10. The van der Waals surface area contributed by atoms with Gasteiger partial charge in [-0.15, -0.1) is 0 Å². The fraction of sp³-hybridized carbons (Fsp3) is 0.917. The zero-order valence-corrected chi connectivity index (χ0v) is 10.7. The monoisotopic (exact) mass is 243 g/mol. The molecule has 0 aliphatic carbocycles. The van der Waals surface area contributed by atoms with Crippen LogP contribution in [0.15, 0.2) is 5.16 Å². The zero-order valence-electron chi connectivity index (χ0n) is 10.7. The summed E-state index contributed by atoms with van der Waals surface area (Å²) in [6.45, 7) is 3.42.